The molecule has 1 amide bonds. The molecule has 0 unspecified atom stereocenters. The topological polar surface area (TPSA) is 90.2 Å². The summed E-state index contributed by atoms with van der Waals surface area (Å²) in [5, 5.41) is 22.7. The number of carbonyl (C=O) groups is 2. The van der Waals surface area contributed by atoms with Crippen LogP contribution in [0.4, 0.5) is 5.00 Å². The summed E-state index contributed by atoms with van der Waals surface area (Å²) in [7, 11) is 0. The summed E-state index contributed by atoms with van der Waals surface area (Å²) >= 11 is 1.49. The highest BCUT2D eigenvalue weighted by Crippen LogP contribution is 2.40. The molecule has 0 bridgehead atoms. The molecule has 1 saturated carbocycles. The molecule has 0 aromatic carbocycles. The quantitative estimate of drug-likeness (QED) is 0.785. The zero-order valence-corrected chi connectivity index (χ0v) is 15.2. The molecule has 25 heavy (non-hydrogen) atoms. The van der Waals surface area contributed by atoms with Crippen molar-refractivity contribution in [1.29, 1.82) is 5.26 Å². The second-order valence-corrected chi connectivity index (χ2v) is 8.36. The molecular weight excluding hydrogens is 336 g/mol. The van der Waals surface area contributed by atoms with Gasteiger partial charge < -0.3 is 10.4 Å². The fourth-order valence-corrected chi connectivity index (χ4v) is 5.38. The van der Waals surface area contributed by atoms with Crippen LogP contribution in [0.1, 0.15) is 73.8 Å². The van der Waals surface area contributed by atoms with Gasteiger partial charge in [0.1, 0.15) is 11.1 Å². The molecule has 134 valence electrons. The van der Waals surface area contributed by atoms with Gasteiger partial charge in [-0.3, -0.25) is 9.59 Å². The van der Waals surface area contributed by atoms with Crippen molar-refractivity contribution in [3.05, 3.63) is 16.0 Å². The zero-order chi connectivity index (χ0) is 17.9. The van der Waals surface area contributed by atoms with Crippen LogP contribution in [0.15, 0.2) is 0 Å². The number of carboxylic acids is 1. The van der Waals surface area contributed by atoms with E-state index in [0.717, 1.165) is 56.9 Å². The summed E-state index contributed by atoms with van der Waals surface area (Å²) in [5.41, 5.74) is 0.708. The van der Waals surface area contributed by atoms with E-state index in [2.05, 4.69) is 11.4 Å². The van der Waals surface area contributed by atoms with Crippen LogP contribution in [0.5, 0.6) is 0 Å². The van der Waals surface area contributed by atoms with Gasteiger partial charge in [0.25, 0.3) is 0 Å². The van der Waals surface area contributed by atoms with Crippen molar-refractivity contribution in [3.63, 3.8) is 0 Å². The second-order valence-electron chi connectivity index (χ2n) is 7.25. The third kappa shape index (κ3) is 3.72. The van der Waals surface area contributed by atoms with E-state index in [1.807, 2.05) is 0 Å². The van der Waals surface area contributed by atoms with Crippen molar-refractivity contribution in [3.8, 4) is 6.07 Å². The van der Waals surface area contributed by atoms with Gasteiger partial charge in [-0.05, 0) is 44.1 Å². The molecule has 1 aromatic rings. The number of nitrogens with zero attached hydrogens (tertiary/aromatic N) is 1. The SMILES string of the molecule is N#Cc1c(NC(=O)CC2(C(=O)O)CCCCCC2)sc2c1CCCC2. The molecule has 1 aromatic heterocycles. The highest BCUT2D eigenvalue weighted by molar-refractivity contribution is 7.16. The van der Waals surface area contributed by atoms with Gasteiger partial charge in [-0.25, -0.2) is 0 Å². The normalized spacial score (nSPS) is 19.3. The Bertz CT molecular complexity index is 709. The van der Waals surface area contributed by atoms with E-state index >= 15 is 0 Å². The van der Waals surface area contributed by atoms with Crippen LogP contribution in [0, 0.1) is 16.7 Å². The molecule has 6 heteroatoms. The third-order valence-electron chi connectivity index (χ3n) is 5.55. The summed E-state index contributed by atoms with van der Waals surface area (Å²) in [6.45, 7) is 0. The minimum Gasteiger partial charge on any atom is -0.481 e. The van der Waals surface area contributed by atoms with Crippen molar-refractivity contribution in [2.75, 3.05) is 5.32 Å². The van der Waals surface area contributed by atoms with E-state index in [1.54, 1.807) is 0 Å². The number of aryl methyl sites for hydroxylation is 1. The Morgan fingerprint density at radius 3 is 2.44 bits per heavy atom. The largest absolute Gasteiger partial charge is 0.481 e. The first kappa shape index (κ1) is 17.9. The molecule has 2 aliphatic rings. The summed E-state index contributed by atoms with van der Waals surface area (Å²) in [5.74, 6) is -1.14. The predicted molar refractivity (Wildman–Crippen MR) is 96.7 cm³/mol. The summed E-state index contributed by atoms with van der Waals surface area (Å²) in [4.78, 5) is 25.7. The first-order chi connectivity index (χ1) is 12.1. The molecule has 1 heterocycles. The number of fused-ring (bicyclic) bond motifs is 1. The van der Waals surface area contributed by atoms with Crippen LogP contribution in [-0.2, 0) is 22.4 Å². The lowest BCUT2D eigenvalue weighted by Gasteiger charge is -2.27. The Hall–Kier alpha value is -1.87. The molecule has 3 rings (SSSR count). The van der Waals surface area contributed by atoms with Crippen LogP contribution < -0.4 is 5.32 Å². The van der Waals surface area contributed by atoms with Crippen molar-refractivity contribution in [2.45, 2.75) is 70.6 Å². The fraction of sp³-hybridized carbons (Fsp3) is 0.632. The van der Waals surface area contributed by atoms with Gasteiger partial charge in [0.2, 0.25) is 5.91 Å². The van der Waals surface area contributed by atoms with E-state index in [-0.39, 0.29) is 12.3 Å². The Morgan fingerprint density at radius 1 is 1.12 bits per heavy atom. The van der Waals surface area contributed by atoms with Crippen LogP contribution in [0.3, 0.4) is 0 Å². The van der Waals surface area contributed by atoms with Crippen molar-refractivity contribution in [1.82, 2.24) is 0 Å². The molecule has 5 nitrogen and oxygen atoms in total. The highest BCUT2D eigenvalue weighted by atomic mass is 32.1. The highest BCUT2D eigenvalue weighted by Gasteiger charge is 2.40. The molecule has 1 fully saturated rings. The molecule has 0 saturated heterocycles. The van der Waals surface area contributed by atoms with Gasteiger partial charge in [0.15, 0.2) is 0 Å². The molecule has 0 aliphatic heterocycles. The maximum absolute atomic E-state index is 12.6. The van der Waals surface area contributed by atoms with Crippen molar-refractivity contribution in [2.24, 2.45) is 5.41 Å². The standard InChI is InChI=1S/C19H24N2O3S/c20-12-14-13-7-3-4-8-15(13)25-17(14)21-16(22)11-19(18(23)24)9-5-1-2-6-10-19/h1-11H2,(H,21,22)(H,23,24). The number of anilines is 1. The summed E-state index contributed by atoms with van der Waals surface area (Å²) in [6, 6.07) is 2.23. The number of hydrogen-bond donors (Lipinski definition) is 2. The summed E-state index contributed by atoms with van der Waals surface area (Å²) < 4.78 is 0. The predicted octanol–water partition coefficient (Wildman–Crippen LogP) is 4.25. The van der Waals surface area contributed by atoms with E-state index in [1.165, 1.54) is 16.2 Å². The lowest BCUT2D eigenvalue weighted by molar-refractivity contribution is -0.152. The Labute approximate surface area is 152 Å². The molecule has 0 radical (unpaired) electrons. The average molecular weight is 360 g/mol. The van der Waals surface area contributed by atoms with Crippen LogP contribution >= 0.6 is 11.3 Å². The van der Waals surface area contributed by atoms with Crippen LogP contribution in [0.2, 0.25) is 0 Å². The Balaban J connectivity index is 1.77. The van der Waals surface area contributed by atoms with Gasteiger partial charge in [0, 0.05) is 11.3 Å². The van der Waals surface area contributed by atoms with Gasteiger partial charge in [-0.15, -0.1) is 11.3 Å². The lowest BCUT2D eigenvalue weighted by atomic mass is 9.77. The average Bonchev–Trinajstić information content (AvgIpc) is 2.75. The first-order valence-corrected chi connectivity index (χ1v) is 9.95. The van der Waals surface area contributed by atoms with Gasteiger partial charge in [-0.1, -0.05) is 25.7 Å². The second kappa shape index (κ2) is 7.57. The van der Waals surface area contributed by atoms with Crippen LogP contribution in [-0.4, -0.2) is 17.0 Å². The Morgan fingerprint density at radius 2 is 1.80 bits per heavy atom. The third-order valence-corrected chi connectivity index (χ3v) is 6.76. The van der Waals surface area contributed by atoms with Crippen LogP contribution in [0.25, 0.3) is 0 Å². The Kier molecular flexibility index (Phi) is 5.43. The molecule has 2 aliphatic carbocycles. The lowest BCUT2D eigenvalue weighted by Crippen LogP contribution is -2.35. The minimum atomic E-state index is -0.954. The van der Waals surface area contributed by atoms with Crippen molar-refractivity contribution >= 4 is 28.2 Å². The number of aliphatic carboxylic acids is 1. The van der Waals surface area contributed by atoms with Crippen molar-refractivity contribution < 1.29 is 14.7 Å². The fourth-order valence-electron chi connectivity index (χ4n) is 4.12. The maximum atomic E-state index is 12.6. The number of nitrogens with one attached hydrogen (secondary N) is 1. The molecule has 0 spiro atoms. The number of carboxylic acid groups (broad SMARTS) is 1. The number of hydrogen-bond acceptors (Lipinski definition) is 4. The van der Waals surface area contributed by atoms with E-state index in [9.17, 15) is 20.0 Å². The summed E-state index contributed by atoms with van der Waals surface area (Å²) in [6.07, 6.45) is 8.95. The maximum Gasteiger partial charge on any atom is 0.310 e. The number of thiophene rings is 1. The monoisotopic (exact) mass is 360 g/mol. The van der Waals surface area contributed by atoms with E-state index in [4.69, 9.17) is 0 Å². The van der Waals surface area contributed by atoms with E-state index in [0.29, 0.717) is 23.4 Å². The van der Waals surface area contributed by atoms with Gasteiger partial charge >= 0.3 is 5.97 Å². The zero-order valence-electron chi connectivity index (χ0n) is 14.4. The first-order valence-electron chi connectivity index (χ1n) is 9.14. The molecular formula is C19H24N2O3S. The smallest absolute Gasteiger partial charge is 0.310 e. The minimum absolute atomic E-state index is 0.00420. The number of rotatable bonds is 4. The number of nitriles is 1. The number of carbonyl (C=O) groups excluding carboxylic acids is 1. The van der Waals surface area contributed by atoms with Gasteiger partial charge in [0.05, 0.1) is 11.0 Å². The van der Waals surface area contributed by atoms with E-state index < -0.39 is 11.4 Å². The molecule has 2 N–H and O–H groups in total. The van der Waals surface area contributed by atoms with Gasteiger partial charge in [-0.2, -0.15) is 5.26 Å². The molecule has 0 atom stereocenters. The number of amides is 1.